The van der Waals surface area contributed by atoms with Crippen molar-refractivity contribution in [2.75, 3.05) is 24.5 Å². The van der Waals surface area contributed by atoms with Gasteiger partial charge >= 0.3 is 0 Å². The number of carbonyl (C=O) groups excluding carboxylic acids is 1. The summed E-state index contributed by atoms with van der Waals surface area (Å²) in [4.78, 5) is 17.4. The molecule has 19 heavy (non-hydrogen) atoms. The predicted molar refractivity (Wildman–Crippen MR) is 73.0 cm³/mol. The molecule has 6 nitrogen and oxygen atoms in total. The molecule has 2 heterocycles. The molecular weight excluding hydrogens is 244 g/mol. The first-order valence-electron chi connectivity index (χ1n) is 6.30. The maximum absolute atomic E-state index is 11.0. The van der Waals surface area contributed by atoms with Gasteiger partial charge in [0.05, 0.1) is 17.3 Å². The molecule has 104 valence electrons. The van der Waals surface area contributed by atoms with Crippen LogP contribution in [0.4, 0.5) is 5.82 Å². The quantitative estimate of drug-likeness (QED) is 0.808. The smallest absolute Gasteiger partial charge is 0.250 e. The Balaban J connectivity index is 2.18. The van der Waals surface area contributed by atoms with E-state index in [1.807, 2.05) is 13.8 Å². The molecule has 1 aliphatic heterocycles. The number of anilines is 1. The van der Waals surface area contributed by atoms with Crippen molar-refractivity contribution < 1.29 is 9.53 Å². The lowest BCUT2D eigenvalue weighted by molar-refractivity contribution is -0.0790. The minimum absolute atomic E-state index is 0.0126. The number of hydrogen-bond acceptors (Lipinski definition) is 5. The van der Waals surface area contributed by atoms with Crippen molar-refractivity contribution in [2.24, 2.45) is 11.5 Å². The molecule has 0 aliphatic carbocycles. The van der Waals surface area contributed by atoms with Crippen LogP contribution in [0.2, 0.25) is 0 Å². The molecule has 0 bridgehead atoms. The van der Waals surface area contributed by atoms with Gasteiger partial charge in [-0.25, -0.2) is 4.98 Å². The molecule has 0 aromatic carbocycles. The van der Waals surface area contributed by atoms with Crippen molar-refractivity contribution in [1.29, 1.82) is 0 Å². The second-order valence-corrected chi connectivity index (χ2v) is 5.39. The number of nitrogens with zero attached hydrogens (tertiary/aromatic N) is 2. The van der Waals surface area contributed by atoms with E-state index in [0.717, 1.165) is 12.4 Å². The average molecular weight is 264 g/mol. The molecule has 1 saturated heterocycles. The third-order valence-corrected chi connectivity index (χ3v) is 3.10. The van der Waals surface area contributed by atoms with E-state index < -0.39 is 5.91 Å². The van der Waals surface area contributed by atoms with E-state index in [0.29, 0.717) is 18.7 Å². The highest BCUT2D eigenvalue weighted by Gasteiger charge is 2.33. The van der Waals surface area contributed by atoms with Crippen LogP contribution in [0.15, 0.2) is 18.3 Å². The van der Waals surface area contributed by atoms with E-state index in [9.17, 15) is 4.79 Å². The second-order valence-electron chi connectivity index (χ2n) is 5.39. The zero-order chi connectivity index (χ0) is 14.0. The van der Waals surface area contributed by atoms with Crippen molar-refractivity contribution in [1.82, 2.24) is 4.98 Å². The van der Waals surface area contributed by atoms with Gasteiger partial charge in [0.2, 0.25) is 5.91 Å². The minimum atomic E-state index is -0.471. The number of carbonyl (C=O) groups is 1. The van der Waals surface area contributed by atoms with E-state index in [1.165, 1.54) is 6.20 Å². The summed E-state index contributed by atoms with van der Waals surface area (Å²) in [6.45, 7) is 5.95. The zero-order valence-corrected chi connectivity index (χ0v) is 11.3. The van der Waals surface area contributed by atoms with Crippen molar-refractivity contribution >= 4 is 11.7 Å². The van der Waals surface area contributed by atoms with Crippen LogP contribution in [-0.2, 0) is 4.74 Å². The van der Waals surface area contributed by atoms with Gasteiger partial charge in [-0.2, -0.15) is 0 Å². The Morgan fingerprint density at radius 2 is 2.32 bits per heavy atom. The summed E-state index contributed by atoms with van der Waals surface area (Å²) in [6, 6.07) is 3.49. The maximum atomic E-state index is 11.0. The highest BCUT2D eigenvalue weighted by Crippen LogP contribution is 2.24. The molecule has 0 spiro atoms. The third kappa shape index (κ3) is 3.21. The summed E-state index contributed by atoms with van der Waals surface area (Å²) in [5.41, 5.74) is 11.0. The van der Waals surface area contributed by atoms with E-state index in [4.69, 9.17) is 16.2 Å². The summed E-state index contributed by atoms with van der Waals surface area (Å²) in [5, 5.41) is 0. The first-order valence-corrected chi connectivity index (χ1v) is 6.30. The van der Waals surface area contributed by atoms with E-state index in [-0.39, 0.29) is 11.7 Å². The number of primary amides is 1. The lowest BCUT2D eigenvalue weighted by Crippen LogP contribution is -2.55. The number of ether oxygens (including phenoxy) is 1. The molecule has 4 N–H and O–H groups in total. The first-order chi connectivity index (χ1) is 8.91. The van der Waals surface area contributed by atoms with Gasteiger partial charge in [-0.15, -0.1) is 0 Å². The van der Waals surface area contributed by atoms with Gasteiger partial charge in [0.15, 0.2) is 0 Å². The Morgan fingerprint density at radius 3 is 2.84 bits per heavy atom. The number of nitrogens with two attached hydrogens (primary N) is 2. The molecule has 0 radical (unpaired) electrons. The van der Waals surface area contributed by atoms with Gasteiger partial charge in [-0.3, -0.25) is 4.79 Å². The Bertz CT molecular complexity index is 458. The average Bonchev–Trinajstić information content (AvgIpc) is 2.37. The van der Waals surface area contributed by atoms with Gasteiger partial charge in [-0.1, -0.05) is 0 Å². The molecule has 6 heteroatoms. The van der Waals surface area contributed by atoms with Gasteiger partial charge in [-0.05, 0) is 26.0 Å². The molecule has 1 aromatic rings. The highest BCUT2D eigenvalue weighted by molar-refractivity contribution is 5.92. The summed E-state index contributed by atoms with van der Waals surface area (Å²) in [7, 11) is 0. The lowest BCUT2D eigenvalue weighted by atomic mass is 10.1. The fourth-order valence-electron chi connectivity index (χ4n) is 2.31. The monoisotopic (exact) mass is 264 g/mol. The van der Waals surface area contributed by atoms with Crippen molar-refractivity contribution in [3.05, 3.63) is 23.9 Å². The van der Waals surface area contributed by atoms with E-state index in [2.05, 4.69) is 9.88 Å². The normalized spacial score (nSPS) is 22.3. The number of morpholine rings is 1. The topological polar surface area (TPSA) is 94.5 Å². The number of rotatable bonds is 3. The van der Waals surface area contributed by atoms with Crippen LogP contribution in [0.25, 0.3) is 0 Å². The molecule has 2 rings (SSSR count). The highest BCUT2D eigenvalue weighted by atomic mass is 16.5. The van der Waals surface area contributed by atoms with Crippen LogP contribution < -0.4 is 16.4 Å². The molecule has 1 unspecified atom stereocenters. The Morgan fingerprint density at radius 1 is 1.58 bits per heavy atom. The largest absolute Gasteiger partial charge is 0.367 e. The van der Waals surface area contributed by atoms with Crippen LogP contribution in [0.1, 0.15) is 24.2 Å². The molecule has 0 saturated carbocycles. The van der Waals surface area contributed by atoms with Gasteiger partial charge in [0.25, 0.3) is 0 Å². The van der Waals surface area contributed by atoms with Crippen LogP contribution in [0.5, 0.6) is 0 Å². The number of hydrogen-bond donors (Lipinski definition) is 2. The van der Waals surface area contributed by atoms with E-state index in [1.54, 1.807) is 12.1 Å². The maximum Gasteiger partial charge on any atom is 0.250 e. The zero-order valence-electron chi connectivity index (χ0n) is 11.3. The Kier molecular flexibility index (Phi) is 3.73. The number of aromatic nitrogens is 1. The number of amides is 1. The summed E-state index contributed by atoms with van der Waals surface area (Å²) in [5.74, 6) is 0.334. The van der Waals surface area contributed by atoms with Crippen LogP contribution in [0, 0.1) is 0 Å². The lowest BCUT2D eigenvalue weighted by Gasteiger charge is -2.43. The third-order valence-electron chi connectivity index (χ3n) is 3.10. The fraction of sp³-hybridized carbons (Fsp3) is 0.538. The standard InChI is InChI=1S/C13H20N4O2/c1-13(2)8-17(7-10(5-14)19-13)11-4-3-9(6-16-11)12(15)18/h3-4,6,10H,5,7-8,14H2,1-2H3,(H2,15,18). The van der Waals surface area contributed by atoms with Gasteiger partial charge in [0.1, 0.15) is 5.82 Å². The molecule has 1 aliphatic rings. The summed E-state index contributed by atoms with van der Waals surface area (Å²) < 4.78 is 5.87. The molecular formula is C13H20N4O2. The first kappa shape index (κ1) is 13.8. The predicted octanol–water partition coefficient (Wildman–Crippen LogP) is 0.123. The van der Waals surface area contributed by atoms with Crippen molar-refractivity contribution in [2.45, 2.75) is 25.6 Å². The molecule has 1 aromatic heterocycles. The summed E-state index contributed by atoms with van der Waals surface area (Å²) in [6.07, 6.45) is 1.48. The van der Waals surface area contributed by atoms with Crippen molar-refractivity contribution in [3.63, 3.8) is 0 Å². The minimum Gasteiger partial charge on any atom is -0.367 e. The summed E-state index contributed by atoms with van der Waals surface area (Å²) >= 11 is 0. The molecule has 1 fully saturated rings. The van der Waals surface area contributed by atoms with Gasteiger partial charge in [0, 0.05) is 25.8 Å². The van der Waals surface area contributed by atoms with Crippen molar-refractivity contribution in [3.8, 4) is 0 Å². The van der Waals surface area contributed by atoms with E-state index >= 15 is 0 Å². The fourth-order valence-corrected chi connectivity index (χ4v) is 2.31. The number of pyridine rings is 1. The van der Waals surface area contributed by atoms with Crippen LogP contribution >= 0.6 is 0 Å². The van der Waals surface area contributed by atoms with Gasteiger partial charge < -0.3 is 21.1 Å². The molecule has 1 atom stereocenters. The van der Waals surface area contributed by atoms with Crippen LogP contribution in [0.3, 0.4) is 0 Å². The van der Waals surface area contributed by atoms with Crippen LogP contribution in [-0.4, -0.2) is 42.2 Å². The Labute approximate surface area is 112 Å². The SMILES string of the molecule is CC1(C)CN(c2ccc(C(N)=O)cn2)CC(CN)O1. The second kappa shape index (κ2) is 5.14. The Hall–Kier alpha value is -1.66. The molecule has 1 amide bonds.